The number of hydrogen-bond donors (Lipinski definition) is 0. The fourth-order valence-electron chi connectivity index (χ4n) is 6.89. The Hall–Kier alpha value is -3.55. The third kappa shape index (κ3) is 5.25. The quantitative estimate of drug-likeness (QED) is 0.308. The molecule has 5 heterocycles. The first-order valence-electron chi connectivity index (χ1n) is 14.7. The van der Waals surface area contributed by atoms with Gasteiger partial charge in [-0.2, -0.15) is 9.55 Å². The van der Waals surface area contributed by atoms with Gasteiger partial charge in [-0.15, -0.1) is 0 Å². The van der Waals surface area contributed by atoms with Crippen LogP contribution in [0.5, 0.6) is 0 Å². The zero-order chi connectivity index (χ0) is 29.4. The molecule has 2 atom stereocenters. The summed E-state index contributed by atoms with van der Waals surface area (Å²) in [6.07, 6.45) is 3.65. The van der Waals surface area contributed by atoms with Crippen LogP contribution in [0.25, 0.3) is 0 Å². The van der Waals surface area contributed by atoms with E-state index < -0.39 is 29.2 Å². The van der Waals surface area contributed by atoms with Gasteiger partial charge in [0.1, 0.15) is 5.82 Å². The molecule has 0 spiro atoms. The molecule has 2 bridgehead atoms. The summed E-state index contributed by atoms with van der Waals surface area (Å²) in [4.78, 5) is 59.1. The number of para-hydroxylation sites is 1. The minimum Gasteiger partial charge on any atom is -0.394 e. The molecule has 0 amide bonds. The number of hydrogen-bond acceptors (Lipinski definition) is 11. The van der Waals surface area contributed by atoms with Gasteiger partial charge in [-0.25, -0.2) is 19.2 Å². The molecule has 1 aromatic carbocycles. The molecule has 2 aromatic rings. The predicted molar refractivity (Wildman–Crippen MR) is 149 cm³/mol. The van der Waals surface area contributed by atoms with Crippen LogP contribution in [-0.4, -0.2) is 82.0 Å². The Morgan fingerprint density at radius 2 is 1.67 bits per heavy atom. The lowest BCUT2D eigenvalue weighted by Crippen LogP contribution is -2.56. The molecule has 4 aliphatic rings. The van der Waals surface area contributed by atoms with E-state index in [1.165, 1.54) is 10.3 Å². The van der Waals surface area contributed by atoms with Crippen LogP contribution < -0.4 is 16.3 Å². The monoisotopic (exact) mass is 583 g/mol. The zero-order valence-corrected chi connectivity index (χ0v) is 24.0. The van der Waals surface area contributed by atoms with Crippen LogP contribution in [0.15, 0.2) is 33.9 Å². The maximum Gasteiger partial charge on any atom is 0.422 e. The Labute approximate surface area is 242 Å². The number of piperidine rings is 1. The number of morpholine rings is 1. The molecule has 0 aliphatic carbocycles. The molecular formula is C29H37N5O8. The van der Waals surface area contributed by atoms with Crippen molar-refractivity contribution in [2.75, 3.05) is 37.7 Å². The van der Waals surface area contributed by atoms with Crippen LogP contribution in [0.1, 0.15) is 50.4 Å². The molecule has 13 nitrogen and oxygen atoms in total. The highest BCUT2D eigenvalue weighted by molar-refractivity contribution is 6.31. The van der Waals surface area contributed by atoms with E-state index in [1.54, 1.807) is 13.8 Å². The SMILES string of the molecule is CCn1c(C)nc(=O)n(C2(CCN3C4CCC3CC(OCc3ccccc3N3CCOCC3)C4)OC(=O)C(=O)O2)c1=O. The molecule has 6 rings (SSSR count). The van der Waals surface area contributed by atoms with E-state index in [1.807, 2.05) is 6.07 Å². The van der Waals surface area contributed by atoms with E-state index in [0.29, 0.717) is 17.7 Å². The molecule has 4 fully saturated rings. The fraction of sp³-hybridized carbons (Fsp3) is 0.621. The van der Waals surface area contributed by atoms with Crippen molar-refractivity contribution in [1.29, 1.82) is 0 Å². The average molecular weight is 584 g/mol. The Balaban J connectivity index is 1.14. The van der Waals surface area contributed by atoms with Crippen LogP contribution in [0.4, 0.5) is 5.69 Å². The van der Waals surface area contributed by atoms with Gasteiger partial charge in [0.15, 0.2) is 0 Å². The summed E-state index contributed by atoms with van der Waals surface area (Å²) in [7, 11) is 0. The highest BCUT2D eigenvalue weighted by atomic mass is 16.8. The number of esters is 2. The first-order chi connectivity index (χ1) is 20.3. The number of carbonyl (C=O) groups is 2. The molecular weight excluding hydrogens is 546 g/mol. The fourth-order valence-corrected chi connectivity index (χ4v) is 6.89. The van der Waals surface area contributed by atoms with Crippen LogP contribution in [0.3, 0.4) is 0 Å². The zero-order valence-electron chi connectivity index (χ0n) is 24.0. The van der Waals surface area contributed by atoms with Crippen molar-refractivity contribution in [2.24, 2.45) is 0 Å². The van der Waals surface area contributed by atoms with Crippen molar-refractivity contribution in [3.05, 3.63) is 56.6 Å². The van der Waals surface area contributed by atoms with Crippen molar-refractivity contribution >= 4 is 17.6 Å². The lowest BCUT2D eigenvalue weighted by atomic mass is 9.99. The smallest absolute Gasteiger partial charge is 0.394 e. The van der Waals surface area contributed by atoms with Gasteiger partial charge >= 0.3 is 29.2 Å². The predicted octanol–water partition coefficient (Wildman–Crippen LogP) is 0.883. The van der Waals surface area contributed by atoms with E-state index in [-0.39, 0.29) is 37.0 Å². The van der Waals surface area contributed by atoms with Gasteiger partial charge < -0.3 is 23.8 Å². The maximum absolute atomic E-state index is 13.3. The normalized spacial score (nSPS) is 25.5. The summed E-state index contributed by atoms with van der Waals surface area (Å²) in [6, 6.07) is 8.78. The van der Waals surface area contributed by atoms with Crippen molar-refractivity contribution in [3.63, 3.8) is 0 Å². The van der Waals surface area contributed by atoms with E-state index in [9.17, 15) is 19.2 Å². The largest absolute Gasteiger partial charge is 0.422 e. The van der Waals surface area contributed by atoms with E-state index in [4.69, 9.17) is 18.9 Å². The third-order valence-electron chi connectivity index (χ3n) is 8.93. The summed E-state index contributed by atoms with van der Waals surface area (Å²) < 4.78 is 24.6. The van der Waals surface area contributed by atoms with E-state index >= 15 is 0 Å². The number of aryl methyl sites for hydroxylation is 1. The molecule has 0 N–H and O–H groups in total. The minimum absolute atomic E-state index is 0.0699. The van der Waals surface area contributed by atoms with Gasteiger partial charge in [-0.1, -0.05) is 18.2 Å². The lowest BCUT2D eigenvalue weighted by Gasteiger charge is -2.40. The lowest BCUT2D eigenvalue weighted by molar-refractivity contribution is -0.232. The van der Waals surface area contributed by atoms with Crippen molar-refractivity contribution < 1.29 is 28.5 Å². The van der Waals surface area contributed by atoms with Gasteiger partial charge in [0.05, 0.1) is 32.3 Å². The summed E-state index contributed by atoms with van der Waals surface area (Å²) in [5.74, 6) is -4.42. The van der Waals surface area contributed by atoms with Crippen LogP contribution in [0, 0.1) is 6.92 Å². The van der Waals surface area contributed by atoms with Gasteiger partial charge in [0.2, 0.25) is 0 Å². The number of nitrogens with zero attached hydrogens (tertiary/aromatic N) is 5. The molecule has 2 unspecified atom stereocenters. The molecule has 42 heavy (non-hydrogen) atoms. The second-order valence-corrected chi connectivity index (χ2v) is 11.3. The number of rotatable bonds is 9. The first kappa shape index (κ1) is 28.6. The second kappa shape index (κ2) is 11.6. The number of anilines is 1. The van der Waals surface area contributed by atoms with Crippen molar-refractivity contribution in [3.8, 4) is 0 Å². The van der Waals surface area contributed by atoms with Crippen molar-refractivity contribution in [2.45, 2.75) is 83.2 Å². The molecule has 0 radical (unpaired) electrons. The highest BCUT2D eigenvalue weighted by Crippen LogP contribution is 2.39. The highest BCUT2D eigenvalue weighted by Gasteiger charge is 2.54. The Bertz CT molecular complexity index is 1430. The second-order valence-electron chi connectivity index (χ2n) is 11.3. The number of aromatic nitrogens is 3. The van der Waals surface area contributed by atoms with Crippen molar-refractivity contribution in [1.82, 2.24) is 19.0 Å². The maximum atomic E-state index is 13.3. The third-order valence-corrected chi connectivity index (χ3v) is 8.93. The molecule has 13 heteroatoms. The number of carbonyl (C=O) groups excluding carboxylic acids is 2. The summed E-state index contributed by atoms with van der Waals surface area (Å²) in [6.45, 7) is 7.57. The standard InChI is InChI=1S/C29H37N5O8/c1-3-32-19(2)30-27(37)34(28(32)38)29(41-25(35)26(36)42-29)10-11-33-21-8-9-22(33)17-23(16-21)40-18-20-6-4-5-7-24(20)31-12-14-39-15-13-31/h4-7,21-23H,3,8-18H2,1-2H3. The molecule has 4 aliphatic heterocycles. The first-order valence-corrected chi connectivity index (χ1v) is 14.7. The van der Waals surface area contributed by atoms with E-state index in [2.05, 4.69) is 33.0 Å². The average Bonchev–Trinajstić information content (AvgIpc) is 3.40. The molecule has 226 valence electrons. The summed E-state index contributed by atoms with van der Waals surface area (Å²) in [5.41, 5.74) is 0.674. The Kier molecular flexibility index (Phi) is 7.90. The molecule has 1 aromatic heterocycles. The summed E-state index contributed by atoms with van der Waals surface area (Å²) in [5, 5.41) is 0. The minimum atomic E-state index is -2.17. The van der Waals surface area contributed by atoms with Crippen LogP contribution in [0.2, 0.25) is 0 Å². The molecule has 0 saturated carbocycles. The van der Waals surface area contributed by atoms with Crippen LogP contribution >= 0.6 is 0 Å². The number of fused-ring (bicyclic) bond motifs is 2. The number of ether oxygens (including phenoxy) is 4. The Morgan fingerprint density at radius 1 is 1.00 bits per heavy atom. The number of benzene rings is 1. The Morgan fingerprint density at radius 3 is 2.33 bits per heavy atom. The van der Waals surface area contributed by atoms with E-state index in [0.717, 1.165) is 57.6 Å². The van der Waals surface area contributed by atoms with Gasteiger partial charge in [-0.3, -0.25) is 9.47 Å². The molecule has 4 saturated heterocycles. The number of cyclic esters (lactones) is 2. The van der Waals surface area contributed by atoms with Gasteiger partial charge in [0, 0.05) is 49.5 Å². The van der Waals surface area contributed by atoms with Gasteiger partial charge in [0.25, 0.3) is 0 Å². The van der Waals surface area contributed by atoms with Gasteiger partial charge in [-0.05, 0) is 45.6 Å². The summed E-state index contributed by atoms with van der Waals surface area (Å²) >= 11 is 0. The topological polar surface area (TPSA) is 134 Å². The van der Waals surface area contributed by atoms with Crippen LogP contribution in [-0.2, 0) is 47.6 Å².